The third kappa shape index (κ3) is 5.91. The Labute approximate surface area is 209 Å². The fraction of sp³-hybridized carbons (Fsp3) is 0.200. The number of carbonyl (C=O) groups is 1. The smallest absolute Gasteiger partial charge is 0.262 e. The normalized spacial score (nSPS) is 11.0. The molecule has 9 heteroatoms. The van der Waals surface area contributed by atoms with Crippen molar-refractivity contribution in [2.45, 2.75) is 17.5 Å². The van der Waals surface area contributed by atoms with Crippen molar-refractivity contribution in [3.8, 4) is 0 Å². The van der Waals surface area contributed by atoms with E-state index in [9.17, 15) is 9.59 Å². The zero-order chi connectivity index (χ0) is 23.9. The molecule has 0 fully saturated rings. The number of pyridine rings is 1. The van der Waals surface area contributed by atoms with Gasteiger partial charge in [-0.1, -0.05) is 39.8 Å². The molecule has 0 atom stereocenters. The van der Waals surface area contributed by atoms with Gasteiger partial charge in [0.25, 0.3) is 11.5 Å². The van der Waals surface area contributed by atoms with Gasteiger partial charge in [-0.15, -0.1) is 0 Å². The lowest BCUT2D eigenvalue weighted by Gasteiger charge is -2.14. The molecule has 34 heavy (non-hydrogen) atoms. The Balaban J connectivity index is 1.62. The van der Waals surface area contributed by atoms with Gasteiger partial charge in [0.05, 0.1) is 24.1 Å². The van der Waals surface area contributed by atoms with E-state index < -0.39 is 0 Å². The van der Waals surface area contributed by atoms with Crippen LogP contribution in [0.3, 0.4) is 0 Å². The number of fused-ring (bicyclic) bond motifs is 1. The van der Waals surface area contributed by atoms with Crippen molar-refractivity contribution < 1.29 is 9.53 Å². The Hall–Kier alpha value is -3.01. The molecular weight excluding hydrogens is 516 g/mol. The van der Waals surface area contributed by atoms with E-state index in [2.05, 4.69) is 26.2 Å². The molecule has 7 nitrogen and oxygen atoms in total. The second-order valence-corrected chi connectivity index (χ2v) is 9.40. The molecule has 174 valence electrons. The number of halogens is 1. The van der Waals surface area contributed by atoms with Gasteiger partial charge in [-0.25, -0.2) is 4.98 Å². The van der Waals surface area contributed by atoms with Crippen LogP contribution < -0.4 is 10.9 Å². The van der Waals surface area contributed by atoms with Gasteiger partial charge in [-0.2, -0.15) is 0 Å². The second-order valence-electron chi connectivity index (χ2n) is 7.54. The first-order chi connectivity index (χ1) is 16.5. The summed E-state index contributed by atoms with van der Waals surface area (Å²) in [6.45, 7) is 1.25. The number of aromatic nitrogens is 3. The van der Waals surface area contributed by atoms with E-state index in [1.165, 1.54) is 11.8 Å². The number of nitrogens with one attached hydrogen (secondary N) is 1. The number of rotatable bonds is 9. The van der Waals surface area contributed by atoms with Crippen molar-refractivity contribution in [1.82, 2.24) is 19.9 Å². The molecule has 2 aromatic carbocycles. The van der Waals surface area contributed by atoms with Crippen LogP contribution in [-0.2, 0) is 17.0 Å². The third-order valence-corrected chi connectivity index (χ3v) is 6.69. The largest absolute Gasteiger partial charge is 0.383 e. The van der Waals surface area contributed by atoms with Crippen LogP contribution >= 0.6 is 27.7 Å². The molecule has 0 radical (unpaired) electrons. The molecule has 4 rings (SSSR count). The van der Waals surface area contributed by atoms with Crippen LogP contribution in [-0.4, -0.2) is 40.7 Å². The summed E-state index contributed by atoms with van der Waals surface area (Å²) in [7, 11) is 1.59. The zero-order valence-electron chi connectivity index (χ0n) is 18.5. The van der Waals surface area contributed by atoms with Gasteiger partial charge >= 0.3 is 0 Å². The maximum absolute atomic E-state index is 13.4. The zero-order valence-corrected chi connectivity index (χ0v) is 20.9. The molecular formula is C25H23BrN4O3S. The number of thioether (sulfide) groups is 1. The first-order valence-corrected chi connectivity index (χ1v) is 12.4. The van der Waals surface area contributed by atoms with E-state index in [0.29, 0.717) is 47.1 Å². The molecule has 2 aromatic heterocycles. The minimum Gasteiger partial charge on any atom is -0.383 e. The fourth-order valence-electron chi connectivity index (χ4n) is 3.36. The predicted molar refractivity (Wildman–Crippen MR) is 137 cm³/mol. The number of benzene rings is 2. The van der Waals surface area contributed by atoms with Crippen LogP contribution in [0.5, 0.6) is 0 Å². The number of ether oxygens (including phenoxy) is 1. The minimum absolute atomic E-state index is 0.107. The molecule has 0 spiro atoms. The Kier molecular flexibility index (Phi) is 8.10. The Bertz CT molecular complexity index is 1340. The van der Waals surface area contributed by atoms with Gasteiger partial charge < -0.3 is 10.1 Å². The Morgan fingerprint density at radius 3 is 2.59 bits per heavy atom. The number of methoxy groups -OCH3 is 1. The number of carbonyl (C=O) groups excluding carboxylic acids is 1. The van der Waals surface area contributed by atoms with Crippen LogP contribution in [0.25, 0.3) is 10.9 Å². The summed E-state index contributed by atoms with van der Waals surface area (Å²) in [6, 6.07) is 16.7. The monoisotopic (exact) mass is 538 g/mol. The number of amides is 1. The summed E-state index contributed by atoms with van der Waals surface area (Å²) in [5.74, 6) is 0.504. The van der Waals surface area contributed by atoms with Crippen molar-refractivity contribution in [2.75, 3.05) is 20.3 Å². The first kappa shape index (κ1) is 24.1. The molecule has 0 aliphatic carbocycles. The summed E-state index contributed by atoms with van der Waals surface area (Å²) in [6.07, 6.45) is 3.50. The van der Waals surface area contributed by atoms with E-state index in [-0.39, 0.29) is 11.5 Å². The van der Waals surface area contributed by atoms with E-state index in [0.717, 1.165) is 15.6 Å². The van der Waals surface area contributed by atoms with E-state index in [4.69, 9.17) is 9.72 Å². The number of nitrogens with zero attached hydrogens (tertiary/aromatic N) is 3. The standard InChI is InChI=1S/C25H23BrN4O3S/c1-33-13-12-28-23(31)19-4-2-17(3-5-19)15-30-24(32)21-14-20(26)6-7-22(21)29-25(30)34-16-18-8-10-27-11-9-18/h2-11,14H,12-13,15-16H2,1H3,(H,28,31). The van der Waals surface area contributed by atoms with Gasteiger partial charge in [0.1, 0.15) is 0 Å². The SMILES string of the molecule is COCCNC(=O)c1ccc(Cn2c(SCc3ccncc3)nc3ccc(Br)cc3c2=O)cc1. The summed E-state index contributed by atoms with van der Waals surface area (Å²) in [5.41, 5.74) is 3.10. The van der Waals surface area contributed by atoms with Crippen molar-refractivity contribution in [1.29, 1.82) is 0 Å². The third-order valence-electron chi connectivity index (χ3n) is 5.15. The lowest BCUT2D eigenvalue weighted by atomic mass is 10.1. The molecule has 0 saturated carbocycles. The second kappa shape index (κ2) is 11.4. The highest BCUT2D eigenvalue weighted by atomic mass is 79.9. The van der Waals surface area contributed by atoms with Crippen LogP contribution in [0, 0.1) is 0 Å². The molecule has 0 aliphatic heterocycles. The molecule has 4 aromatic rings. The topological polar surface area (TPSA) is 86.1 Å². The highest BCUT2D eigenvalue weighted by Crippen LogP contribution is 2.24. The van der Waals surface area contributed by atoms with Gasteiger partial charge in [0, 0.05) is 41.8 Å². The molecule has 0 saturated heterocycles. The summed E-state index contributed by atoms with van der Waals surface area (Å²) >= 11 is 4.96. The lowest BCUT2D eigenvalue weighted by molar-refractivity contribution is 0.0937. The van der Waals surface area contributed by atoms with Crippen LogP contribution in [0.15, 0.2) is 81.4 Å². The first-order valence-electron chi connectivity index (χ1n) is 10.6. The van der Waals surface area contributed by atoms with Crippen molar-refractivity contribution in [3.63, 3.8) is 0 Å². The van der Waals surface area contributed by atoms with Crippen LogP contribution in [0.1, 0.15) is 21.5 Å². The predicted octanol–water partition coefficient (Wildman–Crippen LogP) is 4.27. The summed E-state index contributed by atoms with van der Waals surface area (Å²) < 4.78 is 7.48. The molecule has 2 heterocycles. The van der Waals surface area contributed by atoms with Gasteiger partial charge in [0.15, 0.2) is 5.16 Å². The van der Waals surface area contributed by atoms with Crippen LogP contribution in [0.2, 0.25) is 0 Å². The average molecular weight is 539 g/mol. The Morgan fingerprint density at radius 1 is 1.09 bits per heavy atom. The quantitative estimate of drug-likeness (QED) is 0.194. The highest BCUT2D eigenvalue weighted by molar-refractivity contribution is 9.10. The maximum Gasteiger partial charge on any atom is 0.262 e. The molecule has 0 bridgehead atoms. The highest BCUT2D eigenvalue weighted by Gasteiger charge is 2.14. The van der Waals surface area contributed by atoms with Crippen LogP contribution in [0.4, 0.5) is 0 Å². The Morgan fingerprint density at radius 2 is 1.85 bits per heavy atom. The number of hydrogen-bond donors (Lipinski definition) is 1. The van der Waals surface area contributed by atoms with Gasteiger partial charge in [-0.05, 0) is 53.6 Å². The number of hydrogen-bond acceptors (Lipinski definition) is 6. The van der Waals surface area contributed by atoms with E-state index in [1.807, 2.05) is 36.4 Å². The molecule has 0 unspecified atom stereocenters. The lowest BCUT2D eigenvalue weighted by Crippen LogP contribution is -2.27. The van der Waals surface area contributed by atoms with Gasteiger partial charge in [0.2, 0.25) is 0 Å². The molecule has 1 N–H and O–H groups in total. The van der Waals surface area contributed by atoms with E-state index >= 15 is 0 Å². The van der Waals surface area contributed by atoms with Gasteiger partial charge in [-0.3, -0.25) is 19.1 Å². The van der Waals surface area contributed by atoms with Crippen molar-refractivity contribution in [2.24, 2.45) is 0 Å². The summed E-state index contributed by atoms with van der Waals surface area (Å²) in [5, 5.41) is 3.99. The summed E-state index contributed by atoms with van der Waals surface area (Å²) in [4.78, 5) is 34.5. The molecule has 0 aliphatic rings. The fourth-order valence-corrected chi connectivity index (χ4v) is 4.68. The maximum atomic E-state index is 13.4. The van der Waals surface area contributed by atoms with Crippen molar-refractivity contribution >= 4 is 44.5 Å². The minimum atomic E-state index is -0.161. The molecule has 1 amide bonds. The average Bonchev–Trinajstić information content (AvgIpc) is 2.86. The van der Waals surface area contributed by atoms with Crippen molar-refractivity contribution in [3.05, 3.63) is 98.5 Å². The van der Waals surface area contributed by atoms with E-state index in [1.54, 1.807) is 42.3 Å².